The van der Waals surface area contributed by atoms with Crippen LogP contribution in [0.25, 0.3) is 0 Å². The Morgan fingerprint density at radius 2 is 1.03 bits per heavy atom. The zero-order chi connectivity index (χ0) is 47.7. The summed E-state index contributed by atoms with van der Waals surface area (Å²) < 4.78 is 34.0. The highest BCUT2D eigenvalue weighted by atomic mass is 16.8. The van der Waals surface area contributed by atoms with Crippen LogP contribution in [-0.4, -0.2) is 193 Å². The lowest BCUT2D eigenvalue weighted by Crippen LogP contribution is -2.66. The Hall–Kier alpha value is -1.73. The molecule has 19 heteroatoms. The van der Waals surface area contributed by atoms with Crippen molar-refractivity contribution in [3.8, 4) is 0 Å². The zero-order valence-electron chi connectivity index (χ0n) is 38.5. The molecule has 12 N–H and O–H groups in total. The zero-order valence-corrected chi connectivity index (χ0v) is 38.5. The van der Waals surface area contributed by atoms with Gasteiger partial charge in [-0.05, 0) is 38.5 Å². The van der Waals surface area contributed by atoms with Gasteiger partial charge in [-0.25, -0.2) is 0 Å². The van der Waals surface area contributed by atoms with Crippen LogP contribution in [-0.2, 0) is 33.2 Å². The second kappa shape index (κ2) is 32.2. The number of amides is 1. The fraction of sp³-hybridized carbons (Fsp3) is 0.891. The van der Waals surface area contributed by atoms with Gasteiger partial charge in [0.05, 0.1) is 38.6 Å². The van der Waals surface area contributed by atoms with Crippen LogP contribution in [0.1, 0.15) is 129 Å². The number of allylic oxidation sites excluding steroid dienone is 4. The molecule has 0 aromatic rings. The molecule has 3 aliphatic rings. The second-order valence-corrected chi connectivity index (χ2v) is 17.6. The highest BCUT2D eigenvalue weighted by molar-refractivity contribution is 5.76. The first kappa shape index (κ1) is 57.6. The molecule has 3 saturated heterocycles. The van der Waals surface area contributed by atoms with Gasteiger partial charge in [0, 0.05) is 6.42 Å². The van der Waals surface area contributed by atoms with E-state index in [9.17, 15) is 61.0 Å². The minimum atomic E-state index is -1.97. The molecule has 0 bridgehead atoms. The van der Waals surface area contributed by atoms with E-state index < -0.39 is 124 Å². The molecular weight excluding hydrogens is 854 g/mol. The van der Waals surface area contributed by atoms with Crippen molar-refractivity contribution in [2.45, 2.75) is 234 Å². The maximum absolute atomic E-state index is 13.1. The van der Waals surface area contributed by atoms with Crippen LogP contribution in [0.4, 0.5) is 0 Å². The summed E-state index contributed by atoms with van der Waals surface area (Å²) in [7, 11) is 0. The number of aliphatic hydroxyl groups excluding tert-OH is 11. The monoisotopic (exact) mass is 938 g/mol. The van der Waals surface area contributed by atoms with Gasteiger partial charge < -0.3 is 89.9 Å². The molecule has 0 spiro atoms. The number of carbonyl (C=O) groups is 1. The number of unbranched alkanes of at least 4 members (excludes halogenated alkanes) is 12. The number of hydrogen-bond donors (Lipinski definition) is 12. The fourth-order valence-corrected chi connectivity index (χ4v) is 8.15. The van der Waals surface area contributed by atoms with Crippen LogP contribution in [0.5, 0.6) is 0 Å². The molecule has 3 rings (SSSR count). The number of ether oxygens (including phenoxy) is 6. The smallest absolute Gasteiger partial charge is 0.220 e. The molecule has 0 aliphatic carbocycles. The third kappa shape index (κ3) is 18.9. The molecule has 17 unspecified atom stereocenters. The molecule has 380 valence electrons. The Morgan fingerprint density at radius 3 is 1.62 bits per heavy atom. The van der Waals surface area contributed by atoms with Gasteiger partial charge in [-0.1, -0.05) is 109 Å². The average molecular weight is 938 g/mol. The van der Waals surface area contributed by atoms with E-state index in [2.05, 4.69) is 43.5 Å². The number of rotatable bonds is 32. The Kier molecular flexibility index (Phi) is 28.5. The van der Waals surface area contributed by atoms with Gasteiger partial charge in [-0.3, -0.25) is 4.79 Å². The predicted octanol–water partition coefficient (Wildman–Crippen LogP) is 0.471. The van der Waals surface area contributed by atoms with Crippen LogP contribution in [0, 0.1) is 0 Å². The summed E-state index contributed by atoms with van der Waals surface area (Å²) in [6.07, 6.45) is -0.859. The van der Waals surface area contributed by atoms with Gasteiger partial charge in [-0.15, -0.1) is 0 Å². The summed E-state index contributed by atoms with van der Waals surface area (Å²) in [5.74, 6) is -0.266. The lowest BCUT2D eigenvalue weighted by atomic mass is 9.96. The van der Waals surface area contributed by atoms with E-state index in [0.29, 0.717) is 12.8 Å². The number of nitrogens with one attached hydrogen (secondary N) is 1. The number of aliphatic hydroxyl groups is 11. The molecule has 1 amide bonds. The molecule has 17 atom stereocenters. The summed E-state index contributed by atoms with van der Waals surface area (Å²) in [6.45, 7) is 1.60. The molecule has 3 aliphatic heterocycles. The highest BCUT2D eigenvalue weighted by Crippen LogP contribution is 2.33. The van der Waals surface area contributed by atoms with E-state index in [1.807, 2.05) is 0 Å². The SMILES string of the molecule is CCCC/C=C\C/C=C\CCCCCCCC(=O)NC(COC1OC(CO)C(OC2OC(CO)C(OC3OC(CO)C(O)C(O)C3O)C(O)C2O)C(O)C1O)C(O)CCCCCCCC. The topological polar surface area (TPSA) is 307 Å². The second-order valence-electron chi connectivity index (χ2n) is 17.6. The lowest BCUT2D eigenvalue weighted by Gasteiger charge is -2.48. The van der Waals surface area contributed by atoms with Gasteiger partial charge in [0.15, 0.2) is 18.9 Å². The van der Waals surface area contributed by atoms with E-state index in [4.69, 9.17) is 28.4 Å². The van der Waals surface area contributed by atoms with Crippen LogP contribution in [0.2, 0.25) is 0 Å². The van der Waals surface area contributed by atoms with E-state index in [-0.39, 0.29) is 18.9 Å². The van der Waals surface area contributed by atoms with Gasteiger partial charge in [0.2, 0.25) is 5.91 Å². The highest BCUT2D eigenvalue weighted by Gasteiger charge is 2.53. The Bertz CT molecular complexity index is 1310. The Morgan fingerprint density at radius 1 is 0.554 bits per heavy atom. The van der Waals surface area contributed by atoms with Crippen molar-refractivity contribution >= 4 is 5.91 Å². The summed E-state index contributed by atoms with van der Waals surface area (Å²) >= 11 is 0. The summed E-state index contributed by atoms with van der Waals surface area (Å²) in [5.41, 5.74) is 0. The maximum Gasteiger partial charge on any atom is 0.220 e. The molecule has 3 fully saturated rings. The van der Waals surface area contributed by atoms with Crippen molar-refractivity contribution in [3.63, 3.8) is 0 Å². The first-order valence-electron chi connectivity index (χ1n) is 24.1. The third-order valence-electron chi connectivity index (χ3n) is 12.3. The summed E-state index contributed by atoms with van der Waals surface area (Å²) in [4.78, 5) is 13.1. The quantitative estimate of drug-likeness (QED) is 0.0322. The summed E-state index contributed by atoms with van der Waals surface area (Å²) in [5, 5.41) is 119. The molecule has 3 heterocycles. The number of hydrogen-bond acceptors (Lipinski definition) is 18. The van der Waals surface area contributed by atoms with Crippen molar-refractivity contribution in [2.75, 3.05) is 26.4 Å². The minimum Gasteiger partial charge on any atom is -0.394 e. The molecule has 0 saturated carbocycles. The Labute approximate surface area is 384 Å². The molecule has 0 aromatic heterocycles. The largest absolute Gasteiger partial charge is 0.394 e. The van der Waals surface area contributed by atoms with Crippen LogP contribution >= 0.6 is 0 Å². The fourth-order valence-electron chi connectivity index (χ4n) is 8.15. The van der Waals surface area contributed by atoms with Crippen molar-refractivity contribution < 1.29 is 89.4 Å². The molecule has 0 aromatic carbocycles. The van der Waals surface area contributed by atoms with Crippen LogP contribution < -0.4 is 5.32 Å². The average Bonchev–Trinajstić information content (AvgIpc) is 3.30. The van der Waals surface area contributed by atoms with Gasteiger partial charge in [-0.2, -0.15) is 0 Å². The van der Waals surface area contributed by atoms with Crippen molar-refractivity contribution in [1.29, 1.82) is 0 Å². The van der Waals surface area contributed by atoms with Gasteiger partial charge in [0.1, 0.15) is 73.2 Å². The molecule has 0 radical (unpaired) electrons. The standard InChI is InChI=1S/C46H83NO18/c1-3-5-7-9-11-12-13-14-15-16-17-18-20-22-24-34(52)47-29(30(51)23-21-19-10-8-6-4-2)28-60-44-40(58)37(55)42(32(26-49)62-44)65-46-41(59)38(56)43(33(27-50)63-46)64-45-39(57)36(54)35(53)31(25-48)61-45/h9,11,13-14,29-33,35-46,48-51,53-59H,3-8,10,12,15-28H2,1-2H3,(H,47,52)/b11-9-,14-13-. The minimum absolute atomic E-state index is 0.249. The molecule has 65 heavy (non-hydrogen) atoms. The van der Waals surface area contributed by atoms with Crippen LogP contribution in [0.15, 0.2) is 24.3 Å². The van der Waals surface area contributed by atoms with E-state index >= 15 is 0 Å². The molecular formula is C46H83NO18. The number of carbonyl (C=O) groups excluding carboxylic acids is 1. The third-order valence-corrected chi connectivity index (χ3v) is 12.3. The van der Waals surface area contributed by atoms with E-state index in [1.54, 1.807) is 0 Å². The van der Waals surface area contributed by atoms with Crippen molar-refractivity contribution in [2.24, 2.45) is 0 Å². The van der Waals surface area contributed by atoms with Gasteiger partial charge >= 0.3 is 0 Å². The van der Waals surface area contributed by atoms with Gasteiger partial charge in [0.25, 0.3) is 0 Å². The van der Waals surface area contributed by atoms with Crippen LogP contribution in [0.3, 0.4) is 0 Å². The van der Waals surface area contributed by atoms with E-state index in [1.165, 1.54) is 12.8 Å². The lowest BCUT2D eigenvalue weighted by molar-refractivity contribution is -0.379. The molecule has 19 nitrogen and oxygen atoms in total. The van der Waals surface area contributed by atoms with Crippen molar-refractivity contribution in [1.82, 2.24) is 5.32 Å². The first-order chi connectivity index (χ1) is 31.3. The predicted molar refractivity (Wildman–Crippen MR) is 236 cm³/mol. The maximum atomic E-state index is 13.1. The Balaban J connectivity index is 1.55. The van der Waals surface area contributed by atoms with E-state index in [0.717, 1.165) is 83.5 Å². The van der Waals surface area contributed by atoms with Crippen molar-refractivity contribution in [3.05, 3.63) is 24.3 Å². The first-order valence-corrected chi connectivity index (χ1v) is 24.1. The summed E-state index contributed by atoms with van der Waals surface area (Å²) in [6, 6.07) is -0.887. The normalized spacial score (nSPS) is 34.3.